The molecule has 24 heavy (non-hydrogen) atoms. The number of amides is 2. The third kappa shape index (κ3) is 5.49. The summed E-state index contributed by atoms with van der Waals surface area (Å²) in [7, 11) is 0. The third-order valence-corrected chi connectivity index (χ3v) is 4.29. The van der Waals surface area contributed by atoms with E-state index in [0.29, 0.717) is 23.7 Å². The number of nitro groups is 1. The summed E-state index contributed by atoms with van der Waals surface area (Å²) >= 11 is 0. The van der Waals surface area contributed by atoms with Crippen LogP contribution in [-0.4, -0.2) is 42.0 Å². The molecule has 0 aliphatic carbocycles. The zero-order chi connectivity index (χ0) is 17.5. The lowest BCUT2D eigenvalue weighted by Gasteiger charge is -2.29. The number of likely N-dealkylation sites (tertiary alicyclic amines) is 1. The molecule has 2 amide bonds. The molecule has 2 rings (SSSR count). The lowest BCUT2D eigenvalue weighted by molar-refractivity contribution is -0.385. The molecule has 132 valence electrons. The summed E-state index contributed by atoms with van der Waals surface area (Å²) in [6.07, 6.45) is 3.83. The van der Waals surface area contributed by atoms with Gasteiger partial charge in [-0.3, -0.25) is 10.1 Å². The highest BCUT2D eigenvalue weighted by molar-refractivity contribution is 5.89. The van der Waals surface area contributed by atoms with Gasteiger partial charge < -0.3 is 15.5 Å². The van der Waals surface area contributed by atoms with E-state index < -0.39 is 4.92 Å². The molecule has 7 nitrogen and oxygen atoms in total. The second-order valence-corrected chi connectivity index (χ2v) is 6.56. The average Bonchev–Trinajstić information content (AvgIpc) is 2.55. The van der Waals surface area contributed by atoms with Crippen LogP contribution >= 0.6 is 0 Å². The van der Waals surface area contributed by atoms with Gasteiger partial charge in [0.15, 0.2) is 0 Å². The van der Waals surface area contributed by atoms with Crippen molar-refractivity contribution in [3.8, 4) is 0 Å². The van der Waals surface area contributed by atoms with Crippen molar-refractivity contribution in [1.82, 2.24) is 10.2 Å². The number of aryl methyl sites for hydroxylation is 1. The Hall–Kier alpha value is -2.15. The number of hydrogen-bond donors (Lipinski definition) is 2. The molecular weight excluding hydrogens is 308 g/mol. The Morgan fingerprint density at radius 1 is 1.33 bits per heavy atom. The highest BCUT2D eigenvalue weighted by atomic mass is 16.6. The number of anilines is 1. The molecule has 7 heteroatoms. The zero-order valence-electron chi connectivity index (χ0n) is 14.4. The maximum atomic E-state index is 12.0. The van der Waals surface area contributed by atoms with Crippen LogP contribution in [0.5, 0.6) is 0 Å². The minimum Gasteiger partial charge on any atom is -0.338 e. The van der Waals surface area contributed by atoms with E-state index in [1.807, 2.05) is 0 Å². The van der Waals surface area contributed by atoms with E-state index in [2.05, 4.69) is 22.5 Å². The van der Waals surface area contributed by atoms with Crippen LogP contribution in [0.15, 0.2) is 18.2 Å². The number of nitrogens with one attached hydrogen (secondary N) is 2. The van der Waals surface area contributed by atoms with Gasteiger partial charge in [-0.25, -0.2) is 4.79 Å². The minimum absolute atomic E-state index is 0.00580. The van der Waals surface area contributed by atoms with Crippen molar-refractivity contribution in [2.75, 3.05) is 31.5 Å². The fourth-order valence-electron chi connectivity index (χ4n) is 2.97. The summed E-state index contributed by atoms with van der Waals surface area (Å²) in [4.78, 5) is 24.9. The molecule has 0 saturated carbocycles. The summed E-state index contributed by atoms with van der Waals surface area (Å²) in [5.41, 5.74) is 1.00. The van der Waals surface area contributed by atoms with E-state index in [9.17, 15) is 14.9 Å². The Labute approximate surface area is 142 Å². The molecule has 1 aliphatic rings. The van der Waals surface area contributed by atoms with Crippen molar-refractivity contribution < 1.29 is 9.72 Å². The van der Waals surface area contributed by atoms with Gasteiger partial charge in [-0.2, -0.15) is 0 Å². The predicted molar refractivity (Wildman–Crippen MR) is 94.3 cm³/mol. The first-order valence-corrected chi connectivity index (χ1v) is 8.48. The second-order valence-electron chi connectivity index (χ2n) is 6.56. The van der Waals surface area contributed by atoms with Crippen LogP contribution in [0.25, 0.3) is 0 Å². The highest BCUT2D eigenvalue weighted by Crippen LogP contribution is 2.22. The van der Waals surface area contributed by atoms with E-state index in [1.54, 1.807) is 19.1 Å². The van der Waals surface area contributed by atoms with Crippen LogP contribution in [-0.2, 0) is 0 Å². The van der Waals surface area contributed by atoms with Gasteiger partial charge in [0.2, 0.25) is 0 Å². The van der Waals surface area contributed by atoms with E-state index in [0.717, 1.165) is 19.6 Å². The average molecular weight is 334 g/mol. The van der Waals surface area contributed by atoms with Crippen molar-refractivity contribution in [2.24, 2.45) is 5.92 Å². The largest absolute Gasteiger partial charge is 0.338 e. The molecule has 1 aliphatic heterocycles. The quantitative estimate of drug-likeness (QED) is 0.618. The maximum absolute atomic E-state index is 12.0. The first-order chi connectivity index (χ1) is 11.5. The molecule has 2 N–H and O–H groups in total. The summed E-state index contributed by atoms with van der Waals surface area (Å²) in [5, 5.41) is 16.4. The van der Waals surface area contributed by atoms with E-state index in [4.69, 9.17) is 0 Å². The molecule has 0 bridgehead atoms. The van der Waals surface area contributed by atoms with Gasteiger partial charge in [-0.05, 0) is 44.8 Å². The number of nitro benzene ring substituents is 1. The molecular formula is C17H26N4O3. The minimum atomic E-state index is -0.445. The Balaban J connectivity index is 1.78. The Morgan fingerprint density at radius 2 is 2.04 bits per heavy atom. The number of hydrogen-bond acceptors (Lipinski definition) is 4. The fourth-order valence-corrected chi connectivity index (χ4v) is 2.97. The summed E-state index contributed by atoms with van der Waals surface area (Å²) in [6.45, 7) is 7.63. The number of rotatable bonds is 6. The van der Waals surface area contributed by atoms with Gasteiger partial charge in [0.25, 0.3) is 5.69 Å². The van der Waals surface area contributed by atoms with Crippen molar-refractivity contribution in [2.45, 2.75) is 33.1 Å². The first-order valence-electron chi connectivity index (χ1n) is 8.48. The fraction of sp³-hybridized carbons (Fsp3) is 0.588. The van der Waals surface area contributed by atoms with Gasteiger partial charge in [-0.15, -0.1) is 0 Å². The topological polar surface area (TPSA) is 87.5 Å². The molecule has 1 saturated heterocycles. The van der Waals surface area contributed by atoms with E-state index >= 15 is 0 Å². The van der Waals surface area contributed by atoms with E-state index in [-0.39, 0.29) is 11.7 Å². The Bertz CT molecular complexity index is 585. The standard InChI is InChI=1S/C17H26N4O3/c1-13(12-20-8-4-3-5-9-20)11-18-17(22)19-15-7-6-14(2)16(10-15)21(23)24/h6-7,10,13H,3-5,8-9,11-12H2,1-2H3,(H2,18,19,22). The number of carbonyl (C=O) groups is 1. The monoisotopic (exact) mass is 334 g/mol. The van der Waals surface area contributed by atoms with Crippen molar-refractivity contribution >= 4 is 17.4 Å². The van der Waals surface area contributed by atoms with Crippen molar-refractivity contribution in [3.63, 3.8) is 0 Å². The zero-order valence-corrected chi connectivity index (χ0v) is 14.4. The van der Waals surface area contributed by atoms with E-state index in [1.165, 1.54) is 25.3 Å². The van der Waals surface area contributed by atoms with Gasteiger partial charge >= 0.3 is 6.03 Å². The van der Waals surface area contributed by atoms with Crippen LogP contribution in [0.1, 0.15) is 31.7 Å². The van der Waals surface area contributed by atoms with Crippen LogP contribution < -0.4 is 10.6 Å². The predicted octanol–water partition coefficient (Wildman–Crippen LogP) is 3.15. The summed E-state index contributed by atoms with van der Waals surface area (Å²) in [5.74, 6) is 0.362. The smallest absolute Gasteiger partial charge is 0.319 e. The molecule has 1 fully saturated rings. The SMILES string of the molecule is Cc1ccc(NC(=O)NCC(C)CN2CCCCC2)cc1[N+](=O)[O-]. The van der Waals surface area contributed by atoms with Crippen LogP contribution in [0, 0.1) is 23.0 Å². The van der Waals surface area contributed by atoms with Gasteiger partial charge in [0.05, 0.1) is 4.92 Å². The molecule has 1 aromatic carbocycles. The van der Waals surface area contributed by atoms with Gasteiger partial charge in [0.1, 0.15) is 0 Å². The Kier molecular flexibility index (Phi) is 6.54. The molecule has 1 aromatic rings. The summed E-state index contributed by atoms with van der Waals surface area (Å²) in [6, 6.07) is 4.34. The Morgan fingerprint density at radius 3 is 2.71 bits per heavy atom. The maximum Gasteiger partial charge on any atom is 0.319 e. The van der Waals surface area contributed by atoms with Crippen molar-refractivity contribution in [3.05, 3.63) is 33.9 Å². The normalized spacial score (nSPS) is 16.4. The number of nitrogens with zero attached hydrogens (tertiary/aromatic N) is 2. The number of benzene rings is 1. The molecule has 1 atom stereocenters. The molecule has 1 heterocycles. The third-order valence-electron chi connectivity index (χ3n) is 4.29. The number of piperidine rings is 1. The molecule has 1 unspecified atom stereocenters. The lowest BCUT2D eigenvalue weighted by atomic mass is 10.1. The molecule has 0 spiro atoms. The highest BCUT2D eigenvalue weighted by Gasteiger charge is 2.15. The summed E-state index contributed by atoms with van der Waals surface area (Å²) < 4.78 is 0. The van der Waals surface area contributed by atoms with Crippen LogP contribution in [0.4, 0.5) is 16.2 Å². The first kappa shape index (κ1) is 18.2. The van der Waals surface area contributed by atoms with Crippen LogP contribution in [0.3, 0.4) is 0 Å². The van der Waals surface area contributed by atoms with Gasteiger partial charge in [-0.1, -0.05) is 19.4 Å². The van der Waals surface area contributed by atoms with Crippen molar-refractivity contribution in [1.29, 1.82) is 0 Å². The van der Waals surface area contributed by atoms with Crippen LogP contribution in [0.2, 0.25) is 0 Å². The number of carbonyl (C=O) groups excluding carboxylic acids is 1. The molecule has 0 aromatic heterocycles. The molecule has 0 radical (unpaired) electrons. The second kappa shape index (κ2) is 8.63. The number of urea groups is 1. The van der Waals surface area contributed by atoms with Gasteiger partial charge in [0, 0.05) is 30.4 Å². The lowest BCUT2D eigenvalue weighted by Crippen LogP contribution is -2.39.